The number of benzene rings is 2. The van der Waals surface area contributed by atoms with Crippen LogP contribution in [0.2, 0.25) is 0 Å². The number of ether oxygens (including phenoxy) is 2. The summed E-state index contributed by atoms with van der Waals surface area (Å²) in [4.78, 5) is 8.43. The van der Waals surface area contributed by atoms with Crippen molar-refractivity contribution in [1.29, 1.82) is 0 Å². The minimum absolute atomic E-state index is 0. The maximum atomic E-state index is 5.46. The summed E-state index contributed by atoms with van der Waals surface area (Å²) in [5.41, 5.74) is 12.7. The smallest absolute Gasteiger partial charge is 0.231 e. The minimum Gasteiger partial charge on any atom is -0.454 e. The first-order valence-electron chi connectivity index (χ1n) is 7.05. The van der Waals surface area contributed by atoms with Crippen LogP contribution in [-0.4, -0.2) is 18.7 Å². The number of hydrogen-bond acceptors (Lipinski definition) is 3. The summed E-state index contributed by atoms with van der Waals surface area (Å²) in [5, 5.41) is 3.08. The molecule has 3 rings (SSSR count). The van der Waals surface area contributed by atoms with Gasteiger partial charge in [0.05, 0.1) is 6.54 Å². The Hall–Kier alpha value is -2.93. The number of rotatable bonds is 3. The van der Waals surface area contributed by atoms with Crippen LogP contribution in [0.4, 0.5) is 5.69 Å². The molecule has 24 heavy (non-hydrogen) atoms. The van der Waals surface area contributed by atoms with Crippen molar-refractivity contribution >= 4 is 30.0 Å². The van der Waals surface area contributed by atoms with Gasteiger partial charge in [-0.05, 0) is 29.8 Å². The average Bonchev–Trinajstić information content (AvgIpc) is 3.01. The van der Waals surface area contributed by atoms with E-state index in [4.69, 9.17) is 20.9 Å². The van der Waals surface area contributed by atoms with Crippen molar-refractivity contribution in [3.63, 3.8) is 0 Å². The van der Waals surface area contributed by atoms with Crippen LogP contribution in [0.15, 0.2) is 58.5 Å². The number of para-hydroxylation sites is 1. The summed E-state index contributed by atoms with van der Waals surface area (Å²) in [6, 6.07) is 15.2. The van der Waals surface area contributed by atoms with Gasteiger partial charge in [-0.25, -0.2) is 4.99 Å². The molecule has 0 saturated carbocycles. The molecular weight excluding hydrogens is 330 g/mol. The summed E-state index contributed by atoms with van der Waals surface area (Å²) in [6.45, 7) is 0.652. The number of aliphatic imine (C=N–C) groups is 2. The van der Waals surface area contributed by atoms with Gasteiger partial charge in [0, 0.05) is 5.69 Å². The molecule has 0 aromatic heterocycles. The Bertz CT molecular complexity index is 745. The van der Waals surface area contributed by atoms with Gasteiger partial charge < -0.3 is 26.3 Å². The van der Waals surface area contributed by atoms with E-state index in [1.807, 2.05) is 48.5 Å². The van der Waals surface area contributed by atoms with Crippen LogP contribution in [-0.2, 0) is 6.54 Å². The third-order valence-corrected chi connectivity index (χ3v) is 3.11. The first-order chi connectivity index (χ1) is 11.2. The summed E-state index contributed by atoms with van der Waals surface area (Å²) >= 11 is 0. The molecule has 126 valence electrons. The summed E-state index contributed by atoms with van der Waals surface area (Å²) in [5.74, 6) is 1.74. The number of guanidine groups is 2. The lowest BCUT2D eigenvalue weighted by molar-refractivity contribution is 0.174. The molecule has 0 atom stereocenters. The van der Waals surface area contributed by atoms with E-state index in [1.165, 1.54) is 0 Å². The lowest BCUT2D eigenvalue weighted by Gasteiger charge is -2.06. The van der Waals surface area contributed by atoms with Crippen molar-refractivity contribution in [3.8, 4) is 11.5 Å². The first kappa shape index (κ1) is 17.4. The molecule has 0 saturated heterocycles. The monoisotopic (exact) mass is 347 g/mol. The number of nitrogens with zero attached hydrogens (tertiary/aromatic N) is 2. The first-order valence-corrected chi connectivity index (χ1v) is 7.05. The van der Waals surface area contributed by atoms with Crippen molar-refractivity contribution in [3.05, 3.63) is 54.1 Å². The van der Waals surface area contributed by atoms with Crippen LogP contribution in [0.3, 0.4) is 0 Å². The van der Waals surface area contributed by atoms with Gasteiger partial charge in [0.25, 0.3) is 0 Å². The van der Waals surface area contributed by atoms with Crippen LogP contribution in [0.25, 0.3) is 0 Å². The Kier molecular flexibility index (Phi) is 5.86. The van der Waals surface area contributed by atoms with Crippen LogP contribution in [0, 0.1) is 0 Å². The molecule has 1 heterocycles. The normalized spacial score (nSPS) is 12.2. The van der Waals surface area contributed by atoms with E-state index in [-0.39, 0.29) is 25.2 Å². The number of halogens is 1. The van der Waals surface area contributed by atoms with Crippen LogP contribution < -0.4 is 26.3 Å². The van der Waals surface area contributed by atoms with Crippen molar-refractivity contribution in [1.82, 2.24) is 0 Å². The zero-order chi connectivity index (χ0) is 16.1. The fourth-order valence-corrected chi connectivity index (χ4v) is 2.08. The zero-order valence-corrected chi connectivity index (χ0v) is 13.6. The number of fused-ring (bicyclic) bond motifs is 1. The number of hydrogen-bond donors (Lipinski definition) is 3. The number of nitrogens with two attached hydrogens (primary N) is 2. The Labute approximate surface area is 145 Å². The second kappa shape index (κ2) is 8.07. The molecule has 0 unspecified atom stereocenters. The molecule has 8 heteroatoms. The second-order valence-corrected chi connectivity index (χ2v) is 4.86. The van der Waals surface area contributed by atoms with Gasteiger partial charge in [-0.2, -0.15) is 4.99 Å². The van der Waals surface area contributed by atoms with E-state index in [9.17, 15) is 0 Å². The largest absolute Gasteiger partial charge is 0.454 e. The average molecular weight is 348 g/mol. The molecule has 0 radical (unpaired) electrons. The number of nitrogens with one attached hydrogen (secondary N) is 1. The molecule has 1 aliphatic heterocycles. The van der Waals surface area contributed by atoms with Gasteiger partial charge >= 0.3 is 0 Å². The van der Waals surface area contributed by atoms with E-state index < -0.39 is 0 Å². The SMILES string of the molecule is Cl.NC(N)=NC(=NCc1ccc2c(c1)OCO2)Nc1ccccc1. The lowest BCUT2D eigenvalue weighted by atomic mass is 10.2. The molecule has 0 fully saturated rings. The molecular formula is C16H18ClN5O2. The second-order valence-electron chi connectivity index (χ2n) is 4.86. The van der Waals surface area contributed by atoms with E-state index in [1.54, 1.807) is 0 Å². The van der Waals surface area contributed by atoms with E-state index in [0.717, 1.165) is 22.7 Å². The standard InChI is InChI=1S/C16H17N5O2.ClH/c17-15(18)21-16(20-12-4-2-1-3-5-12)19-9-11-6-7-13-14(8-11)23-10-22-13;/h1-8H,9-10H2,(H5,17,18,19,20,21);1H. The third kappa shape index (κ3) is 4.53. The van der Waals surface area contributed by atoms with Crippen LogP contribution in [0.5, 0.6) is 11.5 Å². The van der Waals surface area contributed by atoms with Crippen molar-refractivity contribution in [2.45, 2.75) is 6.54 Å². The van der Waals surface area contributed by atoms with Gasteiger partial charge in [-0.1, -0.05) is 24.3 Å². The van der Waals surface area contributed by atoms with Gasteiger partial charge in [0.15, 0.2) is 17.5 Å². The zero-order valence-electron chi connectivity index (χ0n) is 12.8. The Morgan fingerprint density at radius 3 is 2.54 bits per heavy atom. The molecule has 0 bridgehead atoms. The third-order valence-electron chi connectivity index (χ3n) is 3.11. The molecule has 0 amide bonds. The van der Waals surface area contributed by atoms with Crippen molar-refractivity contribution in [2.24, 2.45) is 21.5 Å². The highest BCUT2D eigenvalue weighted by Gasteiger charge is 2.12. The maximum Gasteiger partial charge on any atom is 0.231 e. The summed E-state index contributed by atoms with van der Waals surface area (Å²) in [6.07, 6.45) is 0. The molecule has 7 nitrogen and oxygen atoms in total. The van der Waals surface area contributed by atoms with E-state index in [2.05, 4.69) is 15.3 Å². The quantitative estimate of drug-likeness (QED) is 0.582. The minimum atomic E-state index is -0.0575. The van der Waals surface area contributed by atoms with Gasteiger partial charge in [-0.3, -0.25) is 0 Å². The molecule has 1 aliphatic rings. The predicted molar refractivity (Wildman–Crippen MR) is 96.8 cm³/mol. The molecule has 0 spiro atoms. The van der Waals surface area contributed by atoms with E-state index in [0.29, 0.717) is 12.5 Å². The van der Waals surface area contributed by atoms with Crippen molar-refractivity contribution in [2.75, 3.05) is 12.1 Å². The van der Waals surface area contributed by atoms with E-state index >= 15 is 0 Å². The summed E-state index contributed by atoms with van der Waals surface area (Å²) in [7, 11) is 0. The highest BCUT2D eigenvalue weighted by molar-refractivity contribution is 6.01. The van der Waals surface area contributed by atoms with Crippen molar-refractivity contribution < 1.29 is 9.47 Å². The predicted octanol–water partition coefficient (Wildman–Crippen LogP) is 2.08. The molecule has 5 N–H and O–H groups in total. The Balaban J connectivity index is 0.00000208. The summed E-state index contributed by atoms with van der Waals surface area (Å²) < 4.78 is 10.6. The molecule has 0 aliphatic carbocycles. The fourth-order valence-electron chi connectivity index (χ4n) is 2.08. The van der Waals surface area contributed by atoms with Gasteiger partial charge in [-0.15, -0.1) is 12.4 Å². The topological polar surface area (TPSA) is 107 Å². The fraction of sp³-hybridized carbons (Fsp3) is 0.125. The Morgan fingerprint density at radius 2 is 1.79 bits per heavy atom. The Morgan fingerprint density at radius 1 is 1.04 bits per heavy atom. The van der Waals surface area contributed by atoms with Gasteiger partial charge in [0.1, 0.15) is 0 Å². The van der Waals surface area contributed by atoms with Crippen LogP contribution >= 0.6 is 12.4 Å². The maximum absolute atomic E-state index is 5.46. The highest BCUT2D eigenvalue weighted by Crippen LogP contribution is 2.32. The highest BCUT2D eigenvalue weighted by atomic mass is 35.5. The molecule has 2 aromatic rings. The number of anilines is 1. The molecule has 2 aromatic carbocycles. The lowest BCUT2D eigenvalue weighted by Crippen LogP contribution is -2.26. The van der Waals surface area contributed by atoms with Crippen LogP contribution in [0.1, 0.15) is 5.56 Å². The van der Waals surface area contributed by atoms with Gasteiger partial charge in [0.2, 0.25) is 12.8 Å².